The molecule has 0 aromatic heterocycles. The van der Waals surface area contributed by atoms with Gasteiger partial charge in [-0.15, -0.1) is 0 Å². The van der Waals surface area contributed by atoms with Gasteiger partial charge in [-0.25, -0.2) is 0 Å². The fourth-order valence-corrected chi connectivity index (χ4v) is 2.63. The van der Waals surface area contributed by atoms with Gasteiger partial charge in [0.25, 0.3) is 0 Å². The van der Waals surface area contributed by atoms with E-state index in [1.54, 1.807) is 0 Å². The molecule has 1 atom stereocenters. The molecule has 19 heavy (non-hydrogen) atoms. The first-order valence-corrected chi connectivity index (χ1v) is 7.62. The number of aryl methyl sites for hydroxylation is 1. The second-order valence-electron chi connectivity index (χ2n) is 5.03. The number of hydrogen-bond donors (Lipinski definition) is 1. The third-order valence-corrected chi connectivity index (χ3v) is 3.93. The molecule has 1 aromatic carbocycles. The summed E-state index contributed by atoms with van der Waals surface area (Å²) in [6, 6.07) is 5.90. The Morgan fingerprint density at radius 3 is 3.05 bits per heavy atom. The lowest BCUT2D eigenvalue weighted by Crippen LogP contribution is -2.21. The molecule has 4 heteroatoms. The van der Waals surface area contributed by atoms with Gasteiger partial charge in [-0.2, -0.15) is 0 Å². The summed E-state index contributed by atoms with van der Waals surface area (Å²) in [6.45, 7) is 2.84. The van der Waals surface area contributed by atoms with Crippen molar-refractivity contribution >= 4 is 27.5 Å². The maximum absolute atomic E-state index is 11.9. The normalized spacial score (nSPS) is 19.2. The Bertz CT molecular complexity index is 442. The number of carbonyl (C=O) groups excluding carboxylic acids is 1. The van der Waals surface area contributed by atoms with Gasteiger partial charge in [0.2, 0.25) is 5.91 Å². The van der Waals surface area contributed by atoms with Gasteiger partial charge in [-0.3, -0.25) is 4.79 Å². The number of anilines is 1. The zero-order valence-electron chi connectivity index (χ0n) is 11.2. The summed E-state index contributed by atoms with van der Waals surface area (Å²) >= 11 is 3.42. The minimum absolute atomic E-state index is 0.0652. The summed E-state index contributed by atoms with van der Waals surface area (Å²) in [5.41, 5.74) is 1.95. The maximum Gasteiger partial charge on any atom is 0.224 e. The number of halogens is 1. The number of carbonyl (C=O) groups is 1. The van der Waals surface area contributed by atoms with E-state index in [0.717, 1.165) is 41.6 Å². The van der Waals surface area contributed by atoms with E-state index < -0.39 is 0 Å². The summed E-state index contributed by atoms with van der Waals surface area (Å²) in [5, 5.41) is 2.97. The second kappa shape index (κ2) is 7.06. The van der Waals surface area contributed by atoms with Gasteiger partial charge in [-0.05, 0) is 50.3 Å². The fraction of sp³-hybridized carbons (Fsp3) is 0.533. The summed E-state index contributed by atoms with van der Waals surface area (Å²) in [7, 11) is 0. The van der Waals surface area contributed by atoms with Crippen LogP contribution in [0.15, 0.2) is 22.7 Å². The second-order valence-corrected chi connectivity index (χ2v) is 5.95. The highest BCUT2D eigenvalue weighted by molar-refractivity contribution is 9.10. The fourth-order valence-electron chi connectivity index (χ4n) is 2.27. The number of benzene rings is 1. The van der Waals surface area contributed by atoms with Crippen molar-refractivity contribution in [3.05, 3.63) is 28.2 Å². The topological polar surface area (TPSA) is 38.3 Å². The van der Waals surface area contributed by atoms with Crippen LogP contribution in [-0.2, 0) is 9.53 Å². The van der Waals surface area contributed by atoms with E-state index in [-0.39, 0.29) is 12.0 Å². The van der Waals surface area contributed by atoms with E-state index in [1.807, 2.05) is 25.1 Å². The number of ether oxygens (including phenoxy) is 1. The van der Waals surface area contributed by atoms with Gasteiger partial charge >= 0.3 is 0 Å². The van der Waals surface area contributed by atoms with Gasteiger partial charge in [0.15, 0.2) is 0 Å². The van der Waals surface area contributed by atoms with Crippen molar-refractivity contribution in [3.63, 3.8) is 0 Å². The molecule has 1 saturated heterocycles. The van der Waals surface area contributed by atoms with Crippen molar-refractivity contribution in [2.75, 3.05) is 11.9 Å². The third kappa shape index (κ3) is 4.62. The molecule has 1 N–H and O–H groups in total. The van der Waals surface area contributed by atoms with E-state index in [2.05, 4.69) is 21.2 Å². The van der Waals surface area contributed by atoms with Gasteiger partial charge < -0.3 is 10.1 Å². The van der Waals surface area contributed by atoms with Crippen LogP contribution in [-0.4, -0.2) is 18.6 Å². The molecule has 1 fully saturated rings. The molecule has 1 aromatic rings. The molecule has 0 bridgehead atoms. The van der Waals surface area contributed by atoms with E-state index in [0.29, 0.717) is 6.42 Å². The Morgan fingerprint density at radius 2 is 2.32 bits per heavy atom. The monoisotopic (exact) mass is 325 g/mol. The van der Waals surface area contributed by atoms with Gasteiger partial charge in [0.05, 0.1) is 6.10 Å². The first kappa shape index (κ1) is 14.5. The molecular weight excluding hydrogens is 306 g/mol. The Labute approximate surface area is 122 Å². The highest BCUT2D eigenvalue weighted by Crippen LogP contribution is 2.22. The molecule has 0 spiro atoms. The van der Waals surface area contributed by atoms with Gasteiger partial charge in [0, 0.05) is 23.2 Å². The van der Waals surface area contributed by atoms with Crippen LogP contribution in [0.1, 0.15) is 37.7 Å². The molecule has 0 saturated carbocycles. The van der Waals surface area contributed by atoms with Crippen LogP contribution in [0.3, 0.4) is 0 Å². The smallest absolute Gasteiger partial charge is 0.224 e. The molecule has 0 aliphatic carbocycles. The molecule has 1 unspecified atom stereocenters. The minimum atomic E-state index is 0.0652. The summed E-state index contributed by atoms with van der Waals surface area (Å²) in [5.74, 6) is 0.0652. The standard InChI is InChI=1S/C15H20BrNO2/c1-11-5-6-12(16)10-14(11)17-15(18)8-7-13-4-2-3-9-19-13/h5-6,10,13H,2-4,7-9H2,1H3,(H,17,18). The number of amides is 1. The van der Waals surface area contributed by atoms with Crippen LogP contribution < -0.4 is 5.32 Å². The number of nitrogens with one attached hydrogen (secondary N) is 1. The highest BCUT2D eigenvalue weighted by atomic mass is 79.9. The number of hydrogen-bond acceptors (Lipinski definition) is 2. The Kier molecular flexibility index (Phi) is 5.40. The van der Waals surface area contributed by atoms with Crippen LogP contribution in [0.4, 0.5) is 5.69 Å². The molecule has 1 aliphatic heterocycles. The van der Waals surface area contributed by atoms with E-state index in [1.165, 1.54) is 6.42 Å². The van der Waals surface area contributed by atoms with Crippen molar-refractivity contribution in [1.82, 2.24) is 0 Å². The zero-order valence-corrected chi connectivity index (χ0v) is 12.8. The molecular formula is C15H20BrNO2. The average molecular weight is 326 g/mol. The van der Waals surface area contributed by atoms with E-state index >= 15 is 0 Å². The lowest BCUT2D eigenvalue weighted by molar-refractivity contribution is -0.117. The predicted octanol–water partition coefficient (Wildman–Crippen LogP) is 4.05. The van der Waals surface area contributed by atoms with Gasteiger partial charge in [-0.1, -0.05) is 22.0 Å². The van der Waals surface area contributed by atoms with Crippen LogP contribution >= 0.6 is 15.9 Å². The first-order valence-electron chi connectivity index (χ1n) is 6.83. The summed E-state index contributed by atoms with van der Waals surface area (Å²) in [6.07, 6.45) is 5.07. The predicted molar refractivity (Wildman–Crippen MR) is 80.3 cm³/mol. The molecule has 1 heterocycles. The van der Waals surface area contributed by atoms with Crippen LogP contribution in [0.2, 0.25) is 0 Å². The largest absolute Gasteiger partial charge is 0.378 e. The molecule has 2 rings (SSSR count). The Balaban J connectivity index is 1.81. The number of rotatable bonds is 4. The van der Waals surface area contributed by atoms with Crippen LogP contribution in [0.5, 0.6) is 0 Å². The Morgan fingerprint density at radius 1 is 1.47 bits per heavy atom. The van der Waals surface area contributed by atoms with Crippen LogP contribution in [0.25, 0.3) is 0 Å². The molecule has 1 aliphatic rings. The summed E-state index contributed by atoms with van der Waals surface area (Å²) in [4.78, 5) is 11.9. The Hall–Kier alpha value is -0.870. The van der Waals surface area contributed by atoms with Crippen molar-refractivity contribution < 1.29 is 9.53 Å². The lowest BCUT2D eigenvalue weighted by atomic mass is 10.0. The first-order chi connectivity index (χ1) is 9.15. The molecule has 0 radical (unpaired) electrons. The highest BCUT2D eigenvalue weighted by Gasteiger charge is 2.15. The summed E-state index contributed by atoms with van der Waals surface area (Å²) < 4.78 is 6.61. The maximum atomic E-state index is 11.9. The molecule has 3 nitrogen and oxygen atoms in total. The zero-order chi connectivity index (χ0) is 13.7. The quantitative estimate of drug-likeness (QED) is 0.907. The van der Waals surface area contributed by atoms with Crippen molar-refractivity contribution in [2.45, 2.75) is 45.1 Å². The van der Waals surface area contributed by atoms with E-state index in [9.17, 15) is 4.79 Å². The third-order valence-electron chi connectivity index (χ3n) is 3.44. The van der Waals surface area contributed by atoms with Crippen molar-refractivity contribution in [3.8, 4) is 0 Å². The van der Waals surface area contributed by atoms with E-state index in [4.69, 9.17) is 4.74 Å². The van der Waals surface area contributed by atoms with Crippen molar-refractivity contribution in [1.29, 1.82) is 0 Å². The van der Waals surface area contributed by atoms with Crippen LogP contribution in [0, 0.1) is 6.92 Å². The van der Waals surface area contributed by atoms with Gasteiger partial charge in [0.1, 0.15) is 0 Å². The van der Waals surface area contributed by atoms with Crippen molar-refractivity contribution in [2.24, 2.45) is 0 Å². The SMILES string of the molecule is Cc1ccc(Br)cc1NC(=O)CCC1CCCCO1. The minimum Gasteiger partial charge on any atom is -0.378 e. The molecule has 104 valence electrons. The lowest BCUT2D eigenvalue weighted by Gasteiger charge is -2.22. The average Bonchev–Trinajstić information content (AvgIpc) is 2.42. The molecule has 1 amide bonds.